The summed E-state index contributed by atoms with van der Waals surface area (Å²) in [5, 5.41) is 8.31. The molecule has 0 saturated heterocycles. The molecule has 1 unspecified atom stereocenters. The van der Waals surface area contributed by atoms with Crippen molar-refractivity contribution in [2.24, 2.45) is 0 Å². The molecule has 23 heavy (non-hydrogen) atoms. The molecule has 1 rings (SSSR count). The number of thiocarbonyl (C=S) groups is 1. The SMILES string of the molecule is COc1cc(Br)c(NC(=S)NC(NC(C)=O)C(Cl)(Cl)Cl)c(Br)c1. The van der Waals surface area contributed by atoms with Gasteiger partial charge in [0.15, 0.2) is 5.11 Å². The van der Waals surface area contributed by atoms with E-state index in [0.717, 1.165) is 0 Å². The van der Waals surface area contributed by atoms with Gasteiger partial charge in [-0.3, -0.25) is 4.79 Å². The number of anilines is 1. The molecule has 1 atom stereocenters. The third-order valence-corrected chi connectivity index (χ3v) is 4.57. The maximum absolute atomic E-state index is 11.2. The van der Waals surface area contributed by atoms with Crippen molar-refractivity contribution >= 4 is 95.6 Å². The van der Waals surface area contributed by atoms with Crippen LogP contribution in [0.4, 0.5) is 5.69 Å². The second-order valence-electron chi connectivity index (χ2n) is 4.24. The quantitative estimate of drug-likeness (QED) is 0.309. The minimum atomic E-state index is -1.79. The minimum Gasteiger partial charge on any atom is -0.497 e. The van der Waals surface area contributed by atoms with Gasteiger partial charge in [-0.15, -0.1) is 0 Å². The number of rotatable bonds is 4. The van der Waals surface area contributed by atoms with Crippen LogP contribution in [-0.2, 0) is 4.79 Å². The van der Waals surface area contributed by atoms with Gasteiger partial charge in [0.2, 0.25) is 9.70 Å². The zero-order valence-electron chi connectivity index (χ0n) is 11.8. The van der Waals surface area contributed by atoms with Crippen molar-refractivity contribution in [3.8, 4) is 5.75 Å². The number of hydrogen-bond donors (Lipinski definition) is 3. The Labute approximate surface area is 171 Å². The summed E-state index contributed by atoms with van der Waals surface area (Å²) in [5.41, 5.74) is 0.647. The molecule has 0 bridgehead atoms. The van der Waals surface area contributed by atoms with Crippen molar-refractivity contribution in [3.63, 3.8) is 0 Å². The molecule has 1 aromatic rings. The molecule has 0 fully saturated rings. The molecule has 128 valence electrons. The smallest absolute Gasteiger partial charge is 0.228 e. The van der Waals surface area contributed by atoms with E-state index in [1.165, 1.54) is 6.92 Å². The predicted octanol–water partition coefficient (Wildman–Crippen LogP) is 4.34. The second kappa shape index (κ2) is 8.92. The highest BCUT2D eigenvalue weighted by Gasteiger charge is 2.34. The van der Waals surface area contributed by atoms with Gasteiger partial charge in [0.1, 0.15) is 11.9 Å². The molecule has 11 heteroatoms. The number of nitrogens with one attached hydrogen (secondary N) is 3. The second-order valence-corrected chi connectivity index (χ2v) is 8.73. The first-order valence-electron chi connectivity index (χ1n) is 5.99. The molecule has 3 N–H and O–H groups in total. The lowest BCUT2D eigenvalue weighted by Gasteiger charge is -2.27. The molecule has 0 aromatic heterocycles. The van der Waals surface area contributed by atoms with Crippen molar-refractivity contribution in [2.75, 3.05) is 12.4 Å². The Morgan fingerprint density at radius 1 is 1.26 bits per heavy atom. The van der Waals surface area contributed by atoms with E-state index in [-0.39, 0.29) is 11.0 Å². The van der Waals surface area contributed by atoms with Gasteiger partial charge >= 0.3 is 0 Å². The number of carbonyl (C=O) groups is 1. The maximum atomic E-state index is 11.2. The summed E-state index contributed by atoms with van der Waals surface area (Å²) in [7, 11) is 1.56. The largest absolute Gasteiger partial charge is 0.497 e. The third-order valence-electron chi connectivity index (χ3n) is 2.44. The Hall–Kier alpha value is 0.01000. The van der Waals surface area contributed by atoms with Crippen LogP contribution in [0.1, 0.15) is 6.92 Å². The molecular formula is C12H12Br2Cl3N3O2S. The van der Waals surface area contributed by atoms with Crippen LogP contribution in [-0.4, -0.2) is 28.1 Å². The number of hydrogen-bond acceptors (Lipinski definition) is 3. The lowest BCUT2D eigenvalue weighted by Crippen LogP contribution is -2.55. The van der Waals surface area contributed by atoms with Crippen molar-refractivity contribution in [3.05, 3.63) is 21.1 Å². The van der Waals surface area contributed by atoms with Crippen molar-refractivity contribution in [1.82, 2.24) is 10.6 Å². The van der Waals surface area contributed by atoms with Crippen LogP contribution in [0.25, 0.3) is 0 Å². The van der Waals surface area contributed by atoms with Gasteiger partial charge in [0, 0.05) is 15.9 Å². The van der Waals surface area contributed by atoms with Gasteiger partial charge in [0.25, 0.3) is 0 Å². The van der Waals surface area contributed by atoms with Gasteiger partial charge in [-0.05, 0) is 56.2 Å². The molecule has 0 heterocycles. The number of halogens is 5. The maximum Gasteiger partial charge on any atom is 0.228 e. The summed E-state index contributed by atoms with van der Waals surface area (Å²) in [4.78, 5) is 11.2. The summed E-state index contributed by atoms with van der Waals surface area (Å²) in [6, 6.07) is 3.52. The van der Waals surface area contributed by atoms with E-state index in [0.29, 0.717) is 20.4 Å². The van der Waals surface area contributed by atoms with Crippen LogP contribution in [0.2, 0.25) is 0 Å². The topological polar surface area (TPSA) is 62.4 Å². The monoisotopic (exact) mass is 525 g/mol. The van der Waals surface area contributed by atoms with Gasteiger partial charge in [-0.25, -0.2) is 0 Å². The van der Waals surface area contributed by atoms with Crippen LogP contribution >= 0.6 is 78.9 Å². The van der Waals surface area contributed by atoms with Crippen LogP contribution in [0, 0.1) is 0 Å². The first-order valence-corrected chi connectivity index (χ1v) is 9.11. The number of benzene rings is 1. The van der Waals surface area contributed by atoms with E-state index < -0.39 is 9.96 Å². The van der Waals surface area contributed by atoms with Crippen LogP contribution < -0.4 is 20.7 Å². The summed E-state index contributed by atoms with van der Waals surface area (Å²) < 4.78 is 4.78. The van der Waals surface area contributed by atoms with E-state index in [9.17, 15) is 4.79 Å². The van der Waals surface area contributed by atoms with E-state index in [2.05, 4.69) is 47.8 Å². The molecule has 0 saturated carbocycles. The van der Waals surface area contributed by atoms with Crippen molar-refractivity contribution in [2.45, 2.75) is 16.9 Å². The Kier molecular flexibility index (Phi) is 8.16. The fourth-order valence-electron chi connectivity index (χ4n) is 1.47. The lowest BCUT2D eigenvalue weighted by atomic mass is 10.3. The highest BCUT2D eigenvalue weighted by atomic mass is 79.9. The van der Waals surface area contributed by atoms with E-state index in [1.807, 2.05) is 0 Å². The minimum absolute atomic E-state index is 0.154. The van der Waals surface area contributed by atoms with Crippen LogP contribution in [0.5, 0.6) is 5.75 Å². The third kappa shape index (κ3) is 6.80. The summed E-state index contributed by atoms with van der Waals surface area (Å²) in [6.45, 7) is 1.30. The van der Waals surface area contributed by atoms with Crippen molar-refractivity contribution in [1.29, 1.82) is 0 Å². The first-order chi connectivity index (χ1) is 10.5. The van der Waals surface area contributed by atoms with Gasteiger partial charge < -0.3 is 20.7 Å². The Bertz CT molecular complexity index is 591. The summed E-state index contributed by atoms with van der Waals surface area (Å²) >= 11 is 29.5. The number of amides is 1. The number of ether oxygens (including phenoxy) is 1. The number of carbonyl (C=O) groups excluding carboxylic acids is 1. The average molecular weight is 528 g/mol. The van der Waals surface area contributed by atoms with Gasteiger partial charge in [-0.2, -0.15) is 0 Å². The molecule has 5 nitrogen and oxygen atoms in total. The van der Waals surface area contributed by atoms with Gasteiger partial charge in [0.05, 0.1) is 12.8 Å². The first kappa shape index (κ1) is 21.1. The van der Waals surface area contributed by atoms with E-state index in [1.54, 1.807) is 19.2 Å². The number of methoxy groups -OCH3 is 1. The van der Waals surface area contributed by atoms with Gasteiger partial charge in [-0.1, -0.05) is 34.8 Å². The number of alkyl halides is 3. The summed E-state index contributed by atoms with van der Waals surface area (Å²) in [5.74, 6) is 0.286. The molecule has 0 aliphatic rings. The van der Waals surface area contributed by atoms with Crippen LogP contribution in [0.15, 0.2) is 21.1 Å². The molecule has 0 radical (unpaired) electrons. The van der Waals surface area contributed by atoms with E-state index >= 15 is 0 Å². The summed E-state index contributed by atoms with van der Waals surface area (Å²) in [6.07, 6.45) is -0.999. The zero-order chi connectivity index (χ0) is 17.8. The molecule has 0 spiro atoms. The molecule has 1 aromatic carbocycles. The predicted molar refractivity (Wildman–Crippen MR) is 106 cm³/mol. The molecular weight excluding hydrogens is 516 g/mol. The molecule has 1 amide bonds. The standard InChI is InChI=1S/C12H12Br2Cl3N3O2S/c1-5(21)18-10(12(15,16)17)20-11(23)19-9-7(13)3-6(22-2)4-8(9)14/h3-4,10H,1-2H3,(H,18,21)(H2,19,20,23). The normalized spacial score (nSPS) is 12.3. The fraction of sp³-hybridized carbons (Fsp3) is 0.333. The molecule has 0 aliphatic carbocycles. The van der Waals surface area contributed by atoms with Crippen LogP contribution in [0.3, 0.4) is 0 Å². The Balaban J connectivity index is 2.89. The lowest BCUT2D eigenvalue weighted by molar-refractivity contribution is -0.119. The highest BCUT2D eigenvalue weighted by molar-refractivity contribution is 9.11. The van der Waals surface area contributed by atoms with E-state index in [4.69, 9.17) is 51.8 Å². The average Bonchev–Trinajstić information content (AvgIpc) is 2.40. The fourth-order valence-corrected chi connectivity index (χ4v) is 3.36. The van der Waals surface area contributed by atoms with Crippen molar-refractivity contribution < 1.29 is 9.53 Å². The molecule has 0 aliphatic heterocycles. The Morgan fingerprint density at radius 2 is 1.78 bits per heavy atom. The zero-order valence-corrected chi connectivity index (χ0v) is 18.1. The highest BCUT2D eigenvalue weighted by Crippen LogP contribution is 2.35. The Morgan fingerprint density at radius 3 is 2.17 bits per heavy atom.